The van der Waals surface area contributed by atoms with Crippen molar-refractivity contribution in [2.45, 2.75) is 38.4 Å². The Kier molecular flexibility index (Phi) is 5.76. The van der Waals surface area contributed by atoms with Crippen LogP contribution in [0.15, 0.2) is 4.90 Å². The van der Waals surface area contributed by atoms with E-state index < -0.39 is 22.7 Å². The Labute approximate surface area is 121 Å². The second kappa shape index (κ2) is 6.75. The van der Waals surface area contributed by atoms with Gasteiger partial charge in [0.1, 0.15) is 11.4 Å². The first kappa shape index (κ1) is 17.9. The fraction of sp³-hybridized carbons (Fsp3) is 0.727. The number of sulfonamides is 1. The molecule has 0 bridgehead atoms. The first-order chi connectivity index (χ1) is 9.58. The van der Waals surface area contributed by atoms with E-state index in [1.54, 1.807) is 4.72 Å². The number of rotatable bonds is 7. The molecule has 0 unspecified atom stereocenters. The molecule has 0 saturated heterocycles. The number of hydrogen-bond acceptors (Lipinski definition) is 4. The van der Waals surface area contributed by atoms with Crippen LogP contribution in [0.4, 0.5) is 13.2 Å². The van der Waals surface area contributed by atoms with E-state index in [1.165, 1.54) is 18.5 Å². The van der Waals surface area contributed by atoms with Crippen LogP contribution < -0.4 is 10.0 Å². The van der Waals surface area contributed by atoms with Crippen molar-refractivity contribution < 1.29 is 21.6 Å². The zero-order valence-corrected chi connectivity index (χ0v) is 12.9. The third-order valence-corrected chi connectivity index (χ3v) is 4.45. The molecule has 0 fully saturated rings. The molecule has 1 aromatic heterocycles. The highest BCUT2D eigenvalue weighted by molar-refractivity contribution is 7.89. The zero-order valence-electron chi connectivity index (χ0n) is 12.1. The van der Waals surface area contributed by atoms with Crippen LogP contribution in [0.3, 0.4) is 0 Å². The average Bonchev–Trinajstić information content (AvgIpc) is 2.62. The van der Waals surface area contributed by atoms with E-state index in [4.69, 9.17) is 0 Å². The molecule has 1 heterocycles. The predicted octanol–water partition coefficient (Wildman–Crippen LogP) is 0.950. The molecule has 0 amide bonds. The number of nitrogens with one attached hydrogen (secondary N) is 2. The van der Waals surface area contributed by atoms with Gasteiger partial charge in [-0.3, -0.25) is 4.68 Å². The van der Waals surface area contributed by atoms with Gasteiger partial charge >= 0.3 is 6.18 Å². The molecule has 0 aliphatic rings. The minimum Gasteiger partial charge on any atom is -0.315 e. The zero-order chi connectivity index (χ0) is 16.3. The molecule has 10 heteroatoms. The number of aryl methyl sites for hydroxylation is 1. The van der Waals surface area contributed by atoms with E-state index in [2.05, 4.69) is 10.4 Å². The van der Waals surface area contributed by atoms with Crippen molar-refractivity contribution in [3.05, 3.63) is 11.4 Å². The highest BCUT2D eigenvalue weighted by Gasteiger charge is 2.32. The molecule has 0 spiro atoms. The molecule has 0 saturated carbocycles. The van der Waals surface area contributed by atoms with E-state index in [0.717, 1.165) is 6.54 Å². The second-order valence-electron chi connectivity index (χ2n) is 4.52. The smallest absolute Gasteiger partial charge is 0.315 e. The quantitative estimate of drug-likeness (QED) is 0.731. The Balaban J connectivity index is 2.96. The topological polar surface area (TPSA) is 76.0 Å². The predicted molar refractivity (Wildman–Crippen MR) is 71.5 cm³/mol. The van der Waals surface area contributed by atoms with Gasteiger partial charge in [0.05, 0.1) is 17.9 Å². The van der Waals surface area contributed by atoms with Gasteiger partial charge in [0.15, 0.2) is 0 Å². The summed E-state index contributed by atoms with van der Waals surface area (Å²) >= 11 is 0. The molecule has 2 N–H and O–H groups in total. The highest BCUT2D eigenvalue weighted by Crippen LogP contribution is 2.20. The maximum atomic E-state index is 12.2. The number of aromatic nitrogens is 2. The normalized spacial score (nSPS) is 12.9. The van der Waals surface area contributed by atoms with Gasteiger partial charge in [-0.05, 0) is 20.4 Å². The van der Waals surface area contributed by atoms with Crippen molar-refractivity contribution in [2.75, 3.05) is 19.6 Å². The van der Waals surface area contributed by atoms with Gasteiger partial charge in [0.25, 0.3) is 0 Å². The molecule has 0 aliphatic carbocycles. The molecule has 1 aromatic rings. The lowest BCUT2D eigenvalue weighted by Gasteiger charge is -2.10. The van der Waals surface area contributed by atoms with Crippen molar-refractivity contribution in [1.29, 1.82) is 0 Å². The summed E-state index contributed by atoms with van der Waals surface area (Å²) in [4.78, 5) is -0.191. The number of halogens is 3. The number of hydrogen-bond donors (Lipinski definition) is 2. The highest BCUT2D eigenvalue weighted by atomic mass is 32.2. The second-order valence-corrected chi connectivity index (χ2v) is 6.22. The molecule has 0 radical (unpaired) electrons. The number of nitrogens with zero attached hydrogens (tertiary/aromatic N) is 2. The van der Waals surface area contributed by atoms with Crippen molar-refractivity contribution >= 4 is 10.0 Å². The molecule has 6 nitrogen and oxygen atoms in total. The monoisotopic (exact) mass is 328 g/mol. The van der Waals surface area contributed by atoms with Crippen LogP contribution in [0.5, 0.6) is 0 Å². The van der Waals surface area contributed by atoms with Crippen LogP contribution >= 0.6 is 0 Å². The number of alkyl halides is 3. The minimum absolute atomic E-state index is 0.179. The third-order valence-electron chi connectivity index (χ3n) is 2.80. The van der Waals surface area contributed by atoms with Gasteiger partial charge in [0, 0.05) is 6.54 Å². The van der Waals surface area contributed by atoms with Gasteiger partial charge in [-0.15, -0.1) is 0 Å². The fourth-order valence-corrected chi connectivity index (χ4v) is 3.32. The lowest BCUT2D eigenvalue weighted by Crippen LogP contribution is -2.34. The molecule has 122 valence electrons. The van der Waals surface area contributed by atoms with Crippen molar-refractivity contribution in [3.8, 4) is 0 Å². The molecule has 0 atom stereocenters. The maximum absolute atomic E-state index is 12.2. The van der Waals surface area contributed by atoms with Gasteiger partial charge in [-0.1, -0.05) is 6.92 Å². The number of likely N-dealkylation sites (N-methyl/N-ethyl adjacent to an activating group) is 1. The van der Waals surface area contributed by atoms with E-state index in [1.807, 2.05) is 6.92 Å². The van der Waals surface area contributed by atoms with Gasteiger partial charge in [-0.2, -0.15) is 18.3 Å². The van der Waals surface area contributed by atoms with Crippen LogP contribution in [-0.2, 0) is 16.6 Å². The summed E-state index contributed by atoms with van der Waals surface area (Å²) in [5.74, 6) is 0. The summed E-state index contributed by atoms with van der Waals surface area (Å²) in [7, 11) is -4.24. The SMILES string of the molecule is CCNCCn1nc(C)c(S(=O)(=O)NCC(F)(F)F)c1C. The maximum Gasteiger partial charge on any atom is 0.402 e. The van der Waals surface area contributed by atoms with Crippen LogP contribution in [-0.4, -0.2) is 44.0 Å². The van der Waals surface area contributed by atoms with Crippen molar-refractivity contribution in [2.24, 2.45) is 0 Å². The molecular weight excluding hydrogens is 309 g/mol. The van der Waals surface area contributed by atoms with E-state index >= 15 is 0 Å². The van der Waals surface area contributed by atoms with Crippen molar-refractivity contribution in [1.82, 2.24) is 19.8 Å². The average molecular weight is 328 g/mol. The standard InChI is InChI=1S/C11H19F3N4O2S/c1-4-15-5-6-18-9(3)10(8(2)17-18)21(19,20)16-7-11(12,13)14/h15-16H,4-7H2,1-3H3. The minimum atomic E-state index is -4.60. The van der Waals surface area contributed by atoms with Crippen LogP contribution in [0.1, 0.15) is 18.3 Å². The Morgan fingerprint density at radius 1 is 1.29 bits per heavy atom. The Hall–Kier alpha value is -1.13. The first-order valence-corrected chi connectivity index (χ1v) is 7.88. The van der Waals surface area contributed by atoms with Gasteiger partial charge < -0.3 is 5.32 Å². The summed E-state index contributed by atoms with van der Waals surface area (Å²) in [6.07, 6.45) is -4.60. The van der Waals surface area contributed by atoms with Crippen molar-refractivity contribution in [3.63, 3.8) is 0 Å². The molecule has 0 aliphatic heterocycles. The summed E-state index contributed by atoms with van der Waals surface area (Å²) in [6.45, 7) is 5.10. The van der Waals surface area contributed by atoms with E-state index in [0.29, 0.717) is 18.8 Å². The molecular formula is C11H19F3N4O2S. The third kappa shape index (κ3) is 4.97. The Bertz CT molecular complexity index is 581. The van der Waals surface area contributed by atoms with E-state index in [9.17, 15) is 21.6 Å². The summed E-state index contributed by atoms with van der Waals surface area (Å²) < 4.78 is 63.5. The molecule has 21 heavy (non-hydrogen) atoms. The summed E-state index contributed by atoms with van der Waals surface area (Å²) in [6, 6.07) is 0. The fourth-order valence-electron chi connectivity index (χ4n) is 1.90. The summed E-state index contributed by atoms with van der Waals surface area (Å²) in [5.41, 5.74) is 0.499. The molecule has 0 aromatic carbocycles. The van der Waals surface area contributed by atoms with Crippen LogP contribution in [0.25, 0.3) is 0 Å². The van der Waals surface area contributed by atoms with Gasteiger partial charge in [-0.25, -0.2) is 13.1 Å². The van der Waals surface area contributed by atoms with E-state index in [-0.39, 0.29) is 10.6 Å². The lowest BCUT2D eigenvalue weighted by atomic mass is 10.4. The molecule has 1 rings (SSSR count). The van der Waals surface area contributed by atoms with Gasteiger partial charge in [0.2, 0.25) is 10.0 Å². The largest absolute Gasteiger partial charge is 0.402 e. The summed E-state index contributed by atoms with van der Waals surface area (Å²) in [5, 5.41) is 7.13. The first-order valence-electron chi connectivity index (χ1n) is 6.39. The Morgan fingerprint density at radius 3 is 2.43 bits per heavy atom. The Morgan fingerprint density at radius 2 is 1.90 bits per heavy atom. The van der Waals surface area contributed by atoms with Crippen LogP contribution in [0.2, 0.25) is 0 Å². The lowest BCUT2D eigenvalue weighted by molar-refractivity contribution is -0.121. The van der Waals surface area contributed by atoms with Crippen LogP contribution in [0, 0.1) is 13.8 Å².